The van der Waals surface area contributed by atoms with Crippen LogP contribution in [0.2, 0.25) is 5.02 Å². The first-order valence-corrected chi connectivity index (χ1v) is 5.44. The van der Waals surface area contributed by atoms with Crippen molar-refractivity contribution in [2.75, 3.05) is 5.32 Å². The van der Waals surface area contributed by atoms with Gasteiger partial charge in [-0.05, 0) is 24.3 Å². The second kappa shape index (κ2) is 4.93. The number of aromatic amines is 1. The highest BCUT2D eigenvalue weighted by atomic mass is 35.5. The van der Waals surface area contributed by atoms with Crippen LogP contribution in [0.3, 0.4) is 0 Å². The van der Waals surface area contributed by atoms with Gasteiger partial charge in [0.15, 0.2) is 0 Å². The van der Waals surface area contributed by atoms with Crippen molar-refractivity contribution in [2.24, 2.45) is 0 Å². The SMILES string of the molecule is O=C(Nc1cccc(Cl)c1C(=O)O)c1ccc[nH]1. The molecule has 0 unspecified atom stereocenters. The van der Waals surface area contributed by atoms with Crippen LogP contribution < -0.4 is 5.32 Å². The van der Waals surface area contributed by atoms with Crippen molar-refractivity contribution in [2.45, 2.75) is 0 Å². The highest BCUT2D eigenvalue weighted by Crippen LogP contribution is 2.24. The Labute approximate surface area is 107 Å². The minimum atomic E-state index is -1.19. The summed E-state index contributed by atoms with van der Waals surface area (Å²) in [7, 11) is 0. The number of benzene rings is 1. The molecule has 0 aliphatic rings. The molecule has 0 fully saturated rings. The largest absolute Gasteiger partial charge is 0.478 e. The van der Waals surface area contributed by atoms with Gasteiger partial charge in [0.1, 0.15) is 11.3 Å². The number of aromatic nitrogens is 1. The van der Waals surface area contributed by atoms with Gasteiger partial charge in [-0.2, -0.15) is 0 Å². The first kappa shape index (κ1) is 12.2. The average Bonchev–Trinajstić information content (AvgIpc) is 2.81. The lowest BCUT2D eigenvalue weighted by Crippen LogP contribution is -2.15. The molecule has 92 valence electrons. The molecule has 0 saturated heterocycles. The Hall–Kier alpha value is -2.27. The van der Waals surface area contributed by atoms with E-state index in [1.165, 1.54) is 12.1 Å². The highest BCUT2D eigenvalue weighted by Gasteiger charge is 2.16. The molecule has 0 saturated carbocycles. The summed E-state index contributed by atoms with van der Waals surface area (Å²) < 4.78 is 0. The first-order chi connectivity index (χ1) is 8.59. The van der Waals surface area contributed by atoms with E-state index in [0.717, 1.165) is 0 Å². The van der Waals surface area contributed by atoms with Crippen LogP contribution in [-0.4, -0.2) is 22.0 Å². The summed E-state index contributed by atoms with van der Waals surface area (Å²) >= 11 is 5.79. The fourth-order valence-corrected chi connectivity index (χ4v) is 1.76. The molecule has 2 aromatic rings. The van der Waals surface area contributed by atoms with Gasteiger partial charge in [-0.1, -0.05) is 17.7 Å². The number of nitrogens with one attached hydrogen (secondary N) is 2. The normalized spacial score (nSPS) is 10.1. The Kier molecular flexibility index (Phi) is 3.34. The van der Waals surface area contributed by atoms with E-state index in [1.807, 2.05) is 0 Å². The molecular weight excluding hydrogens is 256 g/mol. The second-order valence-electron chi connectivity index (χ2n) is 3.51. The summed E-state index contributed by atoms with van der Waals surface area (Å²) in [5, 5.41) is 11.6. The zero-order valence-corrected chi connectivity index (χ0v) is 9.86. The second-order valence-corrected chi connectivity index (χ2v) is 3.91. The van der Waals surface area contributed by atoms with Gasteiger partial charge in [-0.15, -0.1) is 0 Å². The molecule has 3 N–H and O–H groups in total. The quantitative estimate of drug-likeness (QED) is 0.797. The van der Waals surface area contributed by atoms with Crippen molar-refractivity contribution in [3.8, 4) is 0 Å². The summed E-state index contributed by atoms with van der Waals surface area (Å²) in [6.45, 7) is 0. The summed E-state index contributed by atoms with van der Waals surface area (Å²) in [4.78, 5) is 25.6. The molecule has 0 bridgehead atoms. The van der Waals surface area contributed by atoms with Crippen LogP contribution in [0.25, 0.3) is 0 Å². The Morgan fingerprint density at radius 3 is 2.61 bits per heavy atom. The smallest absolute Gasteiger partial charge is 0.339 e. The summed E-state index contributed by atoms with van der Waals surface area (Å²) in [6.07, 6.45) is 1.60. The fourth-order valence-electron chi connectivity index (χ4n) is 1.51. The molecule has 2 rings (SSSR count). The van der Waals surface area contributed by atoms with Crippen molar-refractivity contribution in [3.63, 3.8) is 0 Å². The van der Waals surface area contributed by atoms with Crippen LogP contribution in [0, 0.1) is 0 Å². The van der Waals surface area contributed by atoms with Crippen LogP contribution in [0.15, 0.2) is 36.5 Å². The van der Waals surface area contributed by atoms with Crippen LogP contribution >= 0.6 is 11.6 Å². The van der Waals surface area contributed by atoms with Gasteiger partial charge in [-0.25, -0.2) is 4.79 Å². The van der Waals surface area contributed by atoms with Crippen LogP contribution in [0.1, 0.15) is 20.8 Å². The minimum absolute atomic E-state index is 0.0757. The van der Waals surface area contributed by atoms with Gasteiger partial charge in [0.25, 0.3) is 5.91 Å². The molecule has 0 aliphatic carbocycles. The Balaban J connectivity index is 2.32. The lowest BCUT2D eigenvalue weighted by Gasteiger charge is -2.08. The number of carboxylic acid groups (broad SMARTS) is 1. The zero-order valence-electron chi connectivity index (χ0n) is 9.11. The highest BCUT2D eigenvalue weighted by molar-refractivity contribution is 6.34. The van der Waals surface area contributed by atoms with Gasteiger partial charge in [0.05, 0.1) is 10.7 Å². The van der Waals surface area contributed by atoms with Crippen LogP contribution in [0.4, 0.5) is 5.69 Å². The molecule has 18 heavy (non-hydrogen) atoms. The Bertz CT molecular complexity index is 593. The molecule has 1 aromatic carbocycles. The maximum absolute atomic E-state index is 11.8. The number of aromatic carboxylic acids is 1. The summed E-state index contributed by atoms with van der Waals surface area (Å²) in [5.74, 6) is -1.62. The molecule has 6 heteroatoms. The topological polar surface area (TPSA) is 82.2 Å². The number of carbonyl (C=O) groups excluding carboxylic acids is 1. The summed E-state index contributed by atoms with van der Waals surface area (Å²) in [6, 6.07) is 7.76. The molecule has 1 amide bonds. The van der Waals surface area contributed by atoms with Gasteiger partial charge in [0, 0.05) is 6.20 Å². The van der Waals surface area contributed by atoms with Crippen LogP contribution in [0.5, 0.6) is 0 Å². The fraction of sp³-hybridized carbons (Fsp3) is 0. The van der Waals surface area contributed by atoms with Crippen molar-refractivity contribution in [1.29, 1.82) is 0 Å². The number of amides is 1. The monoisotopic (exact) mass is 264 g/mol. The van der Waals surface area contributed by atoms with Crippen LogP contribution in [-0.2, 0) is 0 Å². The van der Waals surface area contributed by atoms with E-state index in [2.05, 4.69) is 10.3 Å². The van der Waals surface area contributed by atoms with E-state index in [9.17, 15) is 9.59 Å². The van der Waals surface area contributed by atoms with Gasteiger partial charge in [0.2, 0.25) is 0 Å². The van der Waals surface area contributed by atoms with E-state index in [1.54, 1.807) is 24.4 Å². The number of anilines is 1. The lowest BCUT2D eigenvalue weighted by molar-refractivity contribution is 0.0698. The van der Waals surface area contributed by atoms with E-state index >= 15 is 0 Å². The zero-order chi connectivity index (χ0) is 13.1. The maximum Gasteiger partial charge on any atom is 0.339 e. The van der Waals surface area contributed by atoms with Crippen molar-refractivity contribution >= 4 is 29.2 Å². The van der Waals surface area contributed by atoms with Crippen molar-refractivity contribution in [1.82, 2.24) is 4.98 Å². The number of rotatable bonds is 3. The van der Waals surface area contributed by atoms with Gasteiger partial charge >= 0.3 is 5.97 Å². The Morgan fingerprint density at radius 1 is 1.22 bits per heavy atom. The lowest BCUT2D eigenvalue weighted by atomic mass is 10.1. The maximum atomic E-state index is 11.8. The van der Waals surface area contributed by atoms with Crippen molar-refractivity contribution in [3.05, 3.63) is 52.8 Å². The number of hydrogen-bond donors (Lipinski definition) is 3. The first-order valence-electron chi connectivity index (χ1n) is 5.06. The predicted octanol–water partition coefficient (Wildman–Crippen LogP) is 2.62. The van der Waals surface area contributed by atoms with E-state index in [4.69, 9.17) is 16.7 Å². The molecule has 1 aromatic heterocycles. The third-order valence-corrected chi connectivity index (χ3v) is 2.63. The molecular formula is C12H9ClN2O3. The Morgan fingerprint density at radius 2 is 2.00 bits per heavy atom. The van der Waals surface area contributed by atoms with Gasteiger partial charge in [-0.3, -0.25) is 4.79 Å². The number of carboxylic acids is 1. The number of hydrogen-bond acceptors (Lipinski definition) is 2. The average molecular weight is 265 g/mol. The van der Waals surface area contributed by atoms with E-state index in [0.29, 0.717) is 5.69 Å². The predicted molar refractivity (Wildman–Crippen MR) is 67.2 cm³/mol. The number of carbonyl (C=O) groups is 2. The van der Waals surface area contributed by atoms with E-state index in [-0.39, 0.29) is 16.3 Å². The summed E-state index contributed by atoms with van der Waals surface area (Å²) in [5.41, 5.74) is 0.375. The number of H-pyrrole nitrogens is 1. The molecule has 5 nitrogen and oxygen atoms in total. The van der Waals surface area contributed by atoms with E-state index < -0.39 is 11.9 Å². The molecule has 0 spiro atoms. The third kappa shape index (κ3) is 2.36. The molecule has 0 aliphatic heterocycles. The van der Waals surface area contributed by atoms with Gasteiger partial charge < -0.3 is 15.4 Å². The standard InChI is InChI=1S/C12H9ClN2O3/c13-7-3-1-4-8(10(7)12(17)18)15-11(16)9-5-2-6-14-9/h1-6,14H,(H,15,16)(H,17,18). The minimum Gasteiger partial charge on any atom is -0.478 e. The molecule has 1 heterocycles. The van der Waals surface area contributed by atoms with Crippen molar-refractivity contribution < 1.29 is 14.7 Å². The molecule has 0 atom stereocenters. The molecule has 0 radical (unpaired) electrons. The number of halogens is 1. The third-order valence-electron chi connectivity index (χ3n) is 2.32.